The van der Waals surface area contributed by atoms with Crippen molar-refractivity contribution in [3.63, 3.8) is 0 Å². The highest BCUT2D eigenvalue weighted by Crippen LogP contribution is 2.08. The van der Waals surface area contributed by atoms with E-state index in [9.17, 15) is 14.4 Å². The molecule has 2 N–H and O–H groups in total. The zero-order valence-electron chi connectivity index (χ0n) is 9.00. The van der Waals surface area contributed by atoms with Gasteiger partial charge in [-0.05, 0) is 12.0 Å². The van der Waals surface area contributed by atoms with Gasteiger partial charge < -0.3 is 10.2 Å². The van der Waals surface area contributed by atoms with Gasteiger partial charge >= 0.3 is 11.9 Å². The molecule has 0 aliphatic carbocycles. The molecular formula is C12H12O5. The van der Waals surface area contributed by atoms with Gasteiger partial charge in [-0.2, -0.15) is 0 Å². The smallest absolute Gasteiger partial charge is 0.325 e. The van der Waals surface area contributed by atoms with Gasteiger partial charge in [0.2, 0.25) is 5.92 Å². The standard InChI is InChI=1S/C12H12O5/c13-9(10(11(14)15)12(16)17)7-6-8-4-2-1-3-5-8/h1-5,10H,6-7H2,(H,14,15)(H,16,17). The van der Waals surface area contributed by atoms with Gasteiger partial charge in [-0.1, -0.05) is 30.3 Å². The molecule has 0 amide bonds. The highest BCUT2D eigenvalue weighted by molar-refractivity contribution is 6.13. The van der Waals surface area contributed by atoms with E-state index in [4.69, 9.17) is 10.2 Å². The fraction of sp³-hybridized carbons (Fsp3) is 0.250. The van der Waals surface area contributed by atoms with Gasteiger partial charge in [-0.15, -0.1) is 0 Å². The molecule has 0 aromatic heterocycles. The average molecular weight is 236 g/mol. The lowest BCUT2D eigenvalue weighted by molar-refractivity contribution is -0.157. The number of aliphatic carboxylic acids is 2. The Morgan fingerprint density at radius 2 is 1.53 bits per heavy atom. The Morgan fingerprint density at radius 1 is 1.00 bits per heavy atom. The van der Waals surface area contributed by atoms with E-state index < -0.39 is 23.6 Å². The number of ketones is 1. The van der Waals surface area contributed by atoms with Crippen molar-refractivity contribution in [2.24, 2.45) is 5.92 Å². The van der Waals surface area contributed by atoms with Crippen LogP contribution in [0.3, 0.4) is 0 Å². The molecule has 0 fully saturated rings. The maximum Gasteiger partial charge on any atom is 0.325 e. The number of carbonyl (C=O) groups excluding carboxylic acids is 1. The summed E-state index contributed by atoms with van der Waals surface area (Å²) in [5, 5.41) is 17.2. The van der Waals surface area contributed by atoms with Gasteiger partial charge in [0.05, 0.1) is 0 Å². The third-order valence-electron chi connectivity index (χ3n) is 2.32. The van der Waals surface area contributed by atoms with Gasteiger partial charge in [0.1, 0.15) is 0 Å². The monoisotopic (exact) mass is 236 g/mol. The molecular weight excluding hydrogens is 224 g/mol. The summed E-state index contributed by atoms with van der Waals surface area (Å²) in [6.45, 7) is 0. The van der Waals surface area contributed by atoms with E-state index >= 15 is 0 Å². The minimum atomic E-state index is -1.96. The number of rotatable bonds is 6. The van der Waals surface area contributed by atoms with Crippen molar-refractivity contribution < 1.29 is 24.6 Å². The van der Waals surface area contributed by atoms with Gasteiger partial charge in [-0.3, -0.25) is 14.4 Å². The Labute approximate surface area is 97.7 Å². The average Bonchev–Trinajstić information content (AvgIpc) is 2.27. The van der Waals surface area contributed by atoms with Crippen LogP contribution in [-0.4, -0.2) is 27.9 Å². The summed E-state index contributed by atoms with van der Waals surface area (Å²) in [7, 11) is 0. The molecule has 90 valence electrons. The SMILES string of the molecule is O=C(O)C(C(=O)O)C(=O)CCc1ccccc1. The number of aryl methyl sites for hydroxylation is 1. The Morgan fingerprint density at radius 3 is 2.00 bits per heavy atom. The first-order valence-electron chi connectivity index (χ1n) is 5.04. The number of Topliss-reactive ketones (excluding diaryl/α,β-unsaturated/α-hetero) is 1. The number of benzene rings is 1. The van der Waals surface area contributed by atoms with Crippen LogP contribution in [0.2, 0.25) is 0 Å². The zero-order valence-corrected chi connectivity index (χ0v) is 9.00. The van der Waals surface area contributed by atoms with Crippen LogP contribution in [0.1, 0.15) is 12.0 Å². The lowest BCUT2D eigenvalue weighted by atomic mass is 9.98. The Hall–Kier alpha value is -2.17. The number of carboxylic acid groups (broad SMARTS) is 2. The van der Waals surface area contributed by atoms with Crippen LogP contribution in [0.5, 0.6) is 0 Å². The maximum absolute atomic E-state index is 11.4. The van der Waals surface area contributed by atoms with Crippen LogP contribution < -0.4 is 0 Å². The van der Waals surface area contributed by atoms with Gasteiger partial charge in [0.25, 0.3) is 0 Å². The molecule has 0 heterocycles. The van der Waals surface area contributed by atoms with E-state index in [-0.39, 0.29) is 6.42 Å². The Balaban J connectivity index is 2.60. The minimum Gasteiger partial charge on any atom is -0.480 e. The molecule has 0 spiro atoms. The first-order chi connectivity index (χ1) is 8.02. The van der Waals surface area contributed by atoms with E-state index in [1.807, 2.05) is 6.07 Å². The van der Waals surface area contributed by atoms with E-state index in [0.717, 1.165) is 5.56 Å². The van der Waals surface area contributed by atoms with Gasteiger partial charge in [0.15, 0.2) is 5.78 Å². The third-order valence-corrected chi connectivity index (χ3v) is 2.32. The van der Waals surface area contributed by atoms with Crippen molar-refractivity contribution in [3.8, 4) is 0 Å². The predicted octanol–water partition coefficient (Wildman–Crippen LogP) is 0.974. The summed E-state index contributed by atoms with van der Waals surface area (Å²) in [6.07, 6.45) is 0.254. The van der Waals surface area contributed by atoms with Crippen LogP contribution in [0, 0.1) is 5.92 Å². The second-order valence-corrected chi connectivity index (χ2v) is 3.56. The molecule has 5 nitrogen and oxygen atoms in total. The van der Waals surface area contributed by atoms with Crippen molar-refractivity contribution in [1.82, 2.24) is 0 Å². The first-order valence-corrected chi connectivity index (χ1v) is 5.04. The molecule has 0 bridgehead atoms. The fourth-order valence-electron chi connectivity index (χ4n) is 1.44. The van der Waals surface area contributed by atoms with E-state index in [0.29, 0.717) is 6.42 Å². The summed E-state index contributed by atoms with van der Waals surface area (Å²) in [5.41, 5.74) is 0.871. The summed E-state index contributed by atoms with van der Waals surface area (Å²) >= 11 is 0. The molecule has 0 aliphatic heterocycles. The first kappa shape index (κ1) is 12.9. The summed E-state index contributed by atoms with van der Waals surface area (Å²) in [4.78, 5) is 32.6. The van der Waals surface area contributed by atoms with E-state index in [2.05, 4.69) is 0 Å². The lowest BCUT2D eigenvalue weighted by Gasteiger charge is -2.06. The number of carbonyl (C=O) groups is 3. The largest absolute Gasteiger partial charge is 0.480 e. The Bertz CT molecular complexity index is 410. The summed E-state index contributed by atoms with van der Waals surface area (Å²) < 4.78 is 0. The molecule has 5 heteroatoms. The molecule has 17 heavy (non-hydrogen) atoms. The second-order valence-electron chi connectivity index (χ2n) is 3.56. The van der Waals surface area contributed by atoms with Crippen molar-refractivity contribution >= 4 is 17.7 Å². The van der Waals surface area contributed by atoms with Gasteiger partial charge in [-0.25, -0.2) is 0 Å². The molecule has 1 aromatic rings. The molecule has 0 aliphatic rings. The summed E-state index contributed by atoms with van der Waals surface area (Å²) in [5.74, 6) is -5.97. The number of carboxylic acids is 2. The number of hydrogen-bond acceptors (Lipinski definition) is 3. The maximum atomic E-state index is 11.4. The van der Waals surface area contributed by atoms with Crippen molar-refractivity contribution in [2.45, 2.75) is 12.8 Å². The quantitative estimate of drug-likeness (QED) is 0.718. The van der Waals surface area contributed by atoms with Crippen LogP contribution in [0.4, 0.5) is 0 Å². The predicted molar refractivity (Wildman–Crippen MR) is 58.5 cm³/mol. The molecule has 0 saturated carbocycles. The minimum absolute atomic E-state index is 0.0900. The normalized spacial score (nSPS) is 10.2. The molecule has 1 rings (SSSR count). The summed E-state index contributed by atoms with van der Waals surface area (Å²) in [6, 6.07) is 9.01. The molecule has 1 aromatic carbocycles. The zero-order chi connectivity index (χ0) is 12.8. The molecule has 0 saturated heterocycles. The van der Waals surface area contributed by atoms with Crippen LogP contribution in [-0.2, 0) is 20.8 Å². The van der Waals surface area contributed by atoms with Crippen LogP contribution >= 0.6 is 0 Å². The van der Waals surface area contributed by atoms with Crippen molar-refractivity contribution in [3.05, 3.63) is 35.9 Å². The fourth-order valence-corrected chi connectivity index (χ4v) is 1.44. The van der Waals surface area contributed by atoms with Crippen molar-refractivity contribution in [1.29, 1.82) is 0 Å². The van der Waals surface area contributed by atoms with Crippen LogP contribution in [0.25, 0.3) is 0 Å². The molecule has 0 radical (unpaired) electrons. The van der Waals surface area contributed by atoms with E-state index in [1.165, 1.54) is 0 Å². The van der Waals surface area contributed by atoms with Crippen molar-refractivity contribution in [2.75, 3.05) is 0 Å². The Kier molecular flexibility index (Phi) is 4.39. The second kappa shape index (κ2) is 5.79. The highest BCUT2D eigenvalue weighted by Gasteiger charge is 2.32. The van der Waals surface area contributed by atoms with Crippen LogP contribution in [0.15, 0.2) is 30.3 Å². The number of hydrogen-bond donors (Lipinski definition) is 2. The molecule has 0 atom stereocenters. The lowest BCUT2D eigenvalue weighted by Crippen LogP contribution is -2.31. The molecule has 0 unspecified atom stereocenters. The van der Waals surface area contributed by atoms with E-state index in [1.54, 1.807) is 24.3 Å². The highest BCUT2D eigenvalue weighted by atomic mass is 16.4. The topological polar surface area (TPSA) is 91.7 Å². The van der Waals surface area contributed by atoms with Gasteiger partial charge in [0, 0.05) is 6.42 Å². The third kappa shape index (κ3) is 3.71.